The SMILES string of the molecule is Cc1ccc(N2CCN(C(=O)CNC(=O)C(=O)c3ccco3)CC2)cc1. The first-order chi connectivity index (χ1) is 12.5. The molecule has 1 N–H and O–H groups in total. The van der Waals surface area contributed by atoms with Crippen molar-refractivity contribution in [2.75, 3.05) is 37.6 Å². The van der Waals surface area contributed by atoms with Gasteiger partial charge in [0.05, 0.1) is 12.8 Å². The third-order valence-corrected chi connectivity index (χ3v) is 4.38. The lowest BCUT2D eigenvalue weighted by Crippen LogP contribution is -2.51. The summed E-state index contributed by atoms with van der Waals surface area (Å²) in [5.74, 6) is -1.87. The molecule has 1 aliphatic rings. The molecular formula is C19H21N3O4. The molecule has 0 spiro atoms. The molecule has 2 aromatic rings. The summed E-state index contributed by atoms with van der Waals surface area (Å²) in [5.41, 5.74) is 2.35. The fourth-order valence-electron chi connectivity index (χ4n) is 2.84. The lowest BCUT2D eigenvalue weighted by Gasteiger charge is -2.36. The molecule has 0 saturated carbocycles. The number of piperazine rings is 1. The van der Waals surface area contributed by atoms with E-state index in [9.17, 15) is 14.4 Å². The molecule has 3 rings (SSSR count). The van der Waals surface area contributed by atoms with Gasteiger partial charge in [-0.2, -0.15) is 0 Å². The molecule has 0 radical (unpaired) electrons. The predicted molar refractivity (Wildman–Crippen MR) is 96.0 cm³/mol. The second-order valence-electron chi connectivity index (χ2n) is 6.19. The highest BCUT2D eigenvalue weighted by atomic mass is 16.3. The molecule has 26 heavy (non-hydrogen) atoms. The van der Waals surface area contributed by atoms with E-state index in [0.717, 1.165) is 18.8 Å². The fraction of sp³-hybridized carbons (Fsp3) is 0.316. The van der Waals surface area contributed by atoms with Crippen molar-refractivity contribution in [3.8, 4) is 0 Å². The van der Waals surface area contributed by atoms with Crippen LogP contribution in [-0.2, 0) is 9.59 Å². The topological polar surface area (TPSA) is 82.9 Å². The maximum atomic E-state index is 12.3. The molecule has 2 heterocycles. The van der Waals surface area contributed by atoms with Gasteiger partial charge in [-0.1, -0.05) is 17.7 Å². The van der Waals surface area contributed by atoms with Gasteiger partial charge in [-0.25, -0.2) is 0 Å². The van der Waals surface area contributed by atoms with Crippen molar-refractivity contribution in [1.82, 2.24) is 10.2 Å². The Balaban J connectivity index is 1.45. The van der Waals surface area contributed by atoms with Gasteiger partial charge < -0.3 is 19.5 Å². The zero-order chi connectivity index (χ0) is 18.5. The number of nitrogens with zero attached hydrogens (tertiary/aromatic N) is 2. The molecule has 0 unspecified atom stereocenters. The number of furan rings is 1. The number of nitrogens with one attached hydrogen (secondary N) is 1. The number of hydrogen-bond donors (Lipinski definition) is 1. The Labute approximate surface area is 151 Å². The maximum Gasteiger partial charge on any atom is 0.296 e. The van der Waals surface area contributed by atoms with Gasteiger partial charge in [-0.05, 0) is 31.2 Å². The quantitative estimate of drug-likeness (QED) is 0.644. The van der Waals surface area contributed by atoms with Crippen molar-refractivity contribution in [2.45, 2.75) is 6.92 Å². The standard InChI is InChI=1S/C19H21N3O4/c1-14-4-6-15(7-5-14)21-8-10-22(11-9-21)17(23)13-20-19(25)18(24)16-3-2-12-26-16/h2-7,12H,8-11,13H2,1H3,(H,20,25). The van der Waals surface area contributed by atoms with Gasteiger partial charge in [0.1, 0.15) is 0 Å². The number of hydrogen-bond acceptors (Lipinski definition) is 5. The third kappa shape index (κ3) is 4.11. The van der Waals surface area contributed by atoms with E-state index in [-0.39, 0.29) is 18.2 Å². The molecule has 1 aliphatic heterocycles. The van der Waals surface area contributed by atoms with Crippen LogP contribution in [0.25, 0.3) is 0 Å². The number of rotatable bonds is 5. The number of aryl methyl sites for hydroxylation is 1. The number of benzene rings is 1. The van der Waals surface area contributed by atoms with Gasteiger partial charge >= 0.3 is 0 Å². The third-order valence-electron chi connectivity index (χ3n) is 4.38. The number of amides is 2. The van der Waals surface area contributed by atoms with Crippen LogP contribution in [0, 0.1) is 6.92 Å². The van der Waals surface area contributed by atoms with Gasteiger partial charge in [0, 0.05) is 31.9 Å². The van der Waals surface area contributed by atoms with E-state index < -0.39 is 11.7 Å². The van der Waals surface area contributed by atoms with Gasteiger partial charge in [-0.15, -0.1) is 0 Å². The fourth-order valence-corrected chi connectivity index (χ4v) is 2.84. The Morgan fingerprint density at radius 1 is 1.04 bits per heavy atom. The molecular weight excluding hydrogens is 334 g/mol. The Kier molecular flexibility index (Phi) is 5.36. The molecule has 136 valence electrons. The van der Waals surface area contributed by atoms with E-state index in [0.29, 0.717) is 13.1 Å². The van der Waals surface area contributed by atoms with Crippen LogP contribution in [-0.4, -0.2) is 55.2 Å². The Bertz CT molecular complexity index is 776. The average Bonchev–Trinajstić information content (AvgIpc) is 3.20. The number of Topliss-reactive ketones (excluding diaryl/α,β-unsaturated/α-hetero) is 1. The van der Waals surface area contributed by atoms with Gasteiger partial charge in [0.15, 0.2) is 5.76 Å². The summed E-state index contributed by atoms with van der Waals surface area (Å²) < 4.78 is 4.89. The number of carbonyl (C=O) groups excluding carboxylic acids is 3. The van der Waals surface area contributed by atoms with Crippen molar-refractivity contribution in [3.05, 3.63) is 54.0 Å². The van der Waals surface area contributed by atoms with Crippen LogP contribution in [0.5, 0.6) is 0 Å². The van der Waals surface area contributed by atoms with Crippen LogP contribution >= 0.6 is 0 Å². The second-order valence-corrected chi connectivity index (χ2v) is 6.19. The van der Waals surface area contributed by atoms with Crippen LogP contribution in [0.2, 0.25) is 0 Å². The summed E-state index contributed by atoms with van der Waals surface area (Å²) in [5, 5.41) is 2.36. The van der Waals surface area contributed by atoms with Crippen LogP contribution < -0.4 is 10.2 Å². The lowest BCUT2D eigenvalue weighted by molar-refractivity contribution is -0.132. The summed E-state index contributed by atoms with van der Waals surface area (Å²) in [6, 6.07) is 11.2. The smallest absolute Gasteiger partial charge is 0.296 e. The van der Waals surface area contributed by atoms with Crippen molar-refractivity contribution < 1.29 is 18.8 Å². The summed E-state index contributed by atoms with van der Waals surface area (Å²) in [7, 11) is 0. The van der Waals surface area contributed by atoms with E-state index >= 15 is 0 Å². The van der Waals surface area contributed by atoms with Crippen molar-refractivity contribution in [1.29, 1.82) is 0 Å². The molecule has 7 nitrogen and oxygen atoms in total. The maximum absolute atomic E-state index is 12.3. The Hall–Kier alpha value is -3.09. The first-order valence-corrected chi connectivity index (χ1v) is 8.50. The molecule has 0 bridgehead atoms. The van der Waals surface area contributed by atoms with Crippen LogP contribution in [0.1, 0.15) is 16.1 Å². The van der Waals surface area contributed by atoms with Crippen molar-refractivity contribution >= 4 is 23.3 Å². The first-order valence-electron chi connectivity index (χ1n) is 8.50. The summed E-state index contributed by atoms with van der Waals surface area (Å²) in [4.78, 5) is 39.8. The largest absolute Gasteiger partial charge is 0.461 e. The molecule has 7 heteroatoms. The highest BCUT2D eigenvalue weighted by Crippen LogP contribution is 2.17. The summed E-state index contributed by atoms with van der Waals surface area (Å²) >= 11 is 0. The van der Waals surface area contributed by atoms with Gasteiger partial charge in [0.2, 0.25) is 5.91 Å². The molecule has 1 aromatic carbocycles. The summed E-state index contributed by atoms with van der Waals surface area (Å²) in [6.45, 7) is 4.46. The minimum atomic E-state index is -0.841. The van der Waals surface area contributed by atoms with Crippen LogP contribution in [0.3, 0.4) is 0 Å². The molecule has 0 aliphatic carbocycles. The highest BCUT2D eigenvalue weighted by molar-refractivity contribution is 6.42. The molecule has 2 amide bonds. The minimum absolute atomic E-state index is 0.0401. The van der Waals surface area contributed by atoms with Crippen LogP contribution in [0.15, 0.2) is 47.1 Å². The van der Waals surface area contributed by atoms with E-state index in [4.69, 9.17) is 4.42 Å². The zero-order valence-electron chi connectivity index (χ0n) is 14.6. The zero-order valence-corrected chi connectivity index (χ0v) is 14.6. The lowest BCUT2D eigenvalue weighted by atomic mass is 10.2. The van der Waals surface area contributed by atoms with Gasteiger partial charge in [0.25, 0.3) is 11.7 Å². The van der Waals surface area contributed by atoms with E-state index in [2.05, 4.69) is 34.5 Å². The average molecular weight is 355 g/mol. The monoisotopic (exact) mass is 355 g/mol. The molecule has 1 saturated heterocycles. The number of carbonyl (C=O) groups is 3. The predicted octanol–water partition coefficient (Wildman–Crippen LogP) is 1.24. The minimum Gasteiger partial charge on any atom is -0.461 e. The highest BCUT2D eigenvalue weighted by Gasteiger charge is 2.23. The molecule has 1 aromatic heterocycles. The summed E-state index contributed by atoms with van der Waals surface area (Å²) in [6.07, 6.45) is 1.32. The Morgan fingerprint density at radius 3 is 2.35 bits per heavy atom. The molecule has 0 atom stereocenters. The van der Waals surface area contributed by atoms with E-state index in [1.54, 1.807) is 4.90 Å². The van der Waals surface area contributed by atoms with E-state index in [1.165, 1.54) is 24.0 Å². The second kappa shape index (κ2) is 7.86. The number of anilines is 1. The molecule has 1 fully saturated rings. The van der Waals surface area contributed by atoms with E-state index in [1.807, 2.05) is 6.92 Å². The normalized spacial score (nSPS) is 14.2. The van der Waals surface area contributed by atoms with Crippen molar-refractivity contribution in [3.63, 3.8) is 0 Å². The van der Waals surface area contributed by atoms with Crippen LogP contribution in [0.4, 0.5) is 5.69 Å². The Morgan fingerprint density at radius 2 is 1.73 bits per heavy atom. The number of ketones is 1. The first kappa shape index (κ1) is 17.7. The van der Waals surface area contributed by atoms with Gasteiger partial charge in [-0.3, -0.25) is 14.4 Å². The van der Waals surface area contributed by atoms with Crippen molar-refractivity contribution in [2.24, 2.45) is 0 Å².